The van der Waals surface area contributed by atoms with Crippen LogP contribution in [0, 0.1) is 20.8 Å². The van der Waals surface area contributed by atoms with Crippen molar-refractivity contribution in [2.24, 2.45) is 0 Å². The third kappa shape index (κ3) is 3.83. The maximum absolute atomic E-state index is 10.2. The summed E-state index contributed by atoms with van der Waals surface area (Å²) < 4.78 is 5.20. The zero-order valence-electron chi connectivity index (χ0n) is 11.6. The first-order valence-corrected chi connectivity index (χ1v) is 6.24. The largest absolute Gasteiger partial charge is 0.388 e. The molecule has 0 saturated heterocycles. The van der Waals surface area contributed by atoms with E-state index >= 15 is 0 Å². The van der Waals surface area contributed by atoms with Gasteiger partial charge in [-0.25, -0.2) is 0 Å². The van der Waals surface area contributed by atoms with Crippen LogP contribution in [0.15, 0.2) is 12.1 Å². The standard InChI is InChI=1S/C15H24O2/c1-10-8-12(3)14(9-11(10)2)15(16)7-6-13(4)17-5/h8-9,13,15-16H,6-7H2,1-5H3. The highest BCUT2D eigenvalue weighted by Crippen LogP contribution is 2.25. The van der Waals surface area contributed by atoms with Gasteiger partial charge in [0, 0.05) is 7.11 Å². The summed E-state index contributed by atoms with van der Waals surface area (Å²) in [7, 11) is 1.71. The smallest absolute Gasteiger partial charge is 0.0793 e. The number of rotatable bonds is 5. The van der Waals surface area contributed by atoms with E-state index in [2.05, 4.69) is 32.9 Å². The molecule has 1 aromatic rings. The van der Waals surface area contributed by atoms with E-state index < -0.39 is 0 Å². The van der Waals surface area contributed by atoms with Crippen molar-refractivity contribution in [2.45, 2.75) is 52.7 Å². The van der Waals surface area contributed by atoms with Gasteiger partial charge in [0.15, 0.2) is 0 Å². The molecular weight excluding hydrogens is 212 g/mol. The number of aliphatic hydroxyl groups is 1. The summed E-state index contributed by atoms with van der Waals surface area (Å²) in [6.45, 7) is 8.28. The molecule has 1 N–H and O–H groups in total. The van der Waals surface area contributed by atoms with Crippen LogP contribution in [0.3, 0.4) is 0 Å². The molecule has 0 aliphatic carbocycles. The highest BCUT2D eigenvalue weighted by atomic mass is 16.5. The summed E-state index contributed by atoms with van der Waals surface area (Å²) in [5.41, 5.74) is 4.75. The van der Waals surface area contributed by atoms with Crippen LogP contribution in [0.25, 0.3) is 0 Å². The highest BCUT2D eigenvalue weighted by molar-refractivity contribution is 5.37. The molecular formula is C15H24O2. The lowest BCUT2D eigenvalue weighted by Crippen LogP contribution is -2.09. The predicted octanol–water partition coefficient (Wildman–Crippen LogP) is 3.46. The lowest BCUT2D eigenvalue weighted by molar-refractivity contribution is 0.0849. The van der Waals surface area contributed by atoms with Crippen molar-refractivity contribution >= 4 is 0 Å². The zero-order chi connectivity index (χ0) is 13.0. The summed E-state index contributed by atoms with van der Waals surface area (Å²) in [5, 5.41) is 10.2. The van der Waals surface area contributed by atoms with Crippen LogP contribution in [0.1, 0.15) is 48.1 Å². The van der Waals surface area contributed by atoms with Gasteiger partial charge in [-0.1, -0.05) is 12.1 Å². The first-order valence-electron chi connectivity index (χ1n) is 6.24. The molecule has 0 radical (unpaired) electrons. The maximum atomic E-state index is 10.2. The predicted molar refractivity (Wildman–Crippen MR) is 71.3 cm³/mol. The number of aliphatic hydroxyl groups excluding tert-OH is 1. The average Bonchev–Trinajstić information content (AvgIpc) is 2.30. The van der Waals surface area contributed by atoms with Crippen molar-refractivity contribution in [1.82, 2.24) is 0 Å². The lowest BCUT2D eigenvalue weighted by Gasteiger charge is -2.17. The van der Waals surface area contributed by atoms with Crippen molar-refractivity contribution in [3.8, 4) is 0 Å². The Morgan fingerprint density at radius 3 is 2.24 bits per heavy atom. The SMILES string of the molecule is COC(C)CCC(O)c1cc(C)c(C)cc1C. The van der Waals surface area contributed by atoms with Gasteiger partial charge in [0.2, 0.25) is 0 Å². The number of methoxy groups -OCH3 is 1. The monoisotopic (exact) mass is 236 g/mol. The molecule has 2 heteroatoms. The fourth-order valence-electron chi connectivity index (χ4n) is 2.01. The molecule has 1 aromatic carbocycles. The van der Waals surface area contributed by atoms with E-state index in [1.165, 1.54) is 16.7 Å². The first-order chi connectivity index (χ1) is 7.95. The first kappa shape index (κ1) is 14.2. The van der Waals surface area contributed by atoms with Gasteiger partial charge in [-0.2, -0.15) is 0 Å². The third-order valence-electron chi connectivity index (χ3n) is 3.49. The highest BCUT2D eigenvalue weighted by Gasteiger charge is 2.13. The number of ether oxygens (including phenoxy) is 1. The molecule has 0 heterocycles. The minimum Gasteiger partial charge on any atom is -0.388 e. The van der Waals surface area contributed by atoms with Gasteiger partial charge in [-0.3, -0.25) is 0 Å². The third-order valence-corrected chi connectivity index (χ3v) is 3.49. The second kappa shape index (κ2) is 6.18. The van der Waals surface area contributed by atoms with Gasteiger partial charge in [0.05, 0.1) is 12.2 Å². The Bertz CT molecular complexity index is 371. The van der Waals surface area contributed by atoms with Crippen LogP contribution in [-0.4, -0.2) is 18.3 Å². The minimum atomic E-state index is -0.383. The van der Waals surface area contributed by atoms with E-state index in [4.69, 9.17) is 4.74 Å². The van der Waals surface area contributed by atoms with Gasteiger partial charge in [-0.05, 0) is 62.8 Å². The van der Waals surface area contributed by atoms with Gasteiger partial charge in [0.1, 0.15) is 0 Å². The lowest BCUT2D eigenvalue weighted by atomic mass is 9.94. The molecule has 17 heavy (non-hydrogen) atoms. The van der Waals surface area contributed by atoms with Crippen molar-refractivity contribution in [3.63, 3.8) is 0 Å². The zero-order valence-corrected chi connectivity index (χ0v) is 11.6. The maximum Gasteiger partial charge on any atom is 0.0793 e. The molecule has 0 saturated carbocycles. The van der Waals surface area contributed by atoms with Crippen LogP contribution in [-0.2, 0) is 4.74 Å². The summed E-state index contributed by atoms with van der Waals surface area (Å²) in [4.78, 5) is 0. The Morgan fingerprint density at radius 2 is 1.65 bits per heavy atom. The summed E-state index contributed by atoms with van der Waals surface area (Å²) >= 11 is 0. The number of benzene rings is 1. The van der Waals surface area contributed by atoms with Gasteiger partial charge >= 0.3 is 0 Å². The Morgan fingerprint density at radius 1 is 1.06 bits per heavy atom. The van der Waals surface area contributed by atoms with Crippen LogP contribution in [0.4, 0.5) is 0 Å². The Balaban J connectivity index is 2.75. The van der Waals surface area contributed by atoms with Crippen molar-refractivity contribution in [2.75, 3.05) is 7.11 Å². The van der Waals surface area contributed by atoms with E-state index in [1.807, 2.05) is 6.92 Å². The van der Waals surface area contributed by atoms with Gasteiger partial charge in [-0.15, -0.1) is 0 Å². The van der Waals surface area contributed by atoms with Gasteiger partial charge in [0.25, 0.3) is 0 Å². The quantitative estimate of drug-likeness (QED) is 0.848. The van der Waals surface area contributed by atoms with Crippen LogP contribution in [0.2, 0.25) is 0 Å². The topological polar surface area (TPSA) is 29.5 Å². The van der Waals surface area contributed by atoms with Crippen LogP contribution >= 0.6 is 0 Å². The Hall–Kier alpha value is -0.860. The molecule has 96 valence electrons. The second-order valence-corrected chi connectivity index (χ2v) is 4.93. The molecule has 1 rings (SSSR count). The normalized spacial score (nSPS) is 14.7. The molecule has 2 nitrogen and oxygen atoms in total. The Kier molecular flexibility index (Phi) is 5.16. The van der Waals surface area contributed by atoms with E-state index in [1.54, 1.807) is 7.11 Å². The van der Waals surface area contributed by atoms with Crippen molar-refractivity contribution < 1.29 is 9.84 Å². The molecule has 0 spiro atoms. The van der Waals surface area contributed by atoms with E-state index in [0.717, 1.165) is 18.4 Å². The summed E-state index contributed by atoms with van der Waals surface area (Å²) in [6, 6.07) is 4.25. The second-order valence-electron chi connectivity index (χ2n) is 4.93. The molecule has 0 fully saturated rings. The summed E-state index contributed by atoms with van der Waals surface area (Å²) in [5.74, 6) is 0. The molecule has 2 unspecified atom stereocenters. The van der Waals surface area contributed by atoms with Crippen molar-refractivity contribution in [1.29, 1.82) is 0 Å². The van der Waals surface area contributed by atoms with E-state index in [0.29, 0.717) is 0 Å². The molecule has 0 aliphatic heterocycles. The van der Waals surface area contributed by atoms with Crippen LogP contribution < -0.4 is 0 Å². The Labute approximate surface area is 105 Å². The average molecular weight is 236 g/mol. The molecule has 0 amide bonds. The van der Waals surface area contributed by atoms with Crippen LogP contribution in [0.5, 0.6) is 0 Å². The fourth-order valence-corrected chi connectivity index (χ4v) is 2.01. The van der Waals surface area contributed by atoms with Gasteiger partial charge < -0.3 is 9.84 Å². The number of hydrogen-bond acceptors (Lipinski definition) is 2. The summed E-state index contributed by atoms with van der Waals surface area (Å²) in [6.07, 6.45) is 1.45. The molecule has 0 bridgehead atoms. The number of hydrogen-bond donors (Lipinski definition) is 1. The van der Waals surface area contributed by atoms with Crippen molar-refractivity contribution in [3.05, 3.63) is 34.4 Å². The van der Waals surface area contributed by atoms with E-state index in [9.17, 15) is 5.11 Å². The number of aryl methyl sites for hydroxylation is 3. The van der Waals surface area contributed by atoms with E-state index in [-0.39, 0.29) is 12.2 Å². The minimum absolute atomic E-state index is 0.205. The fraction of sp³-hybridized carbons (Fsp3) is 0.600. The molecule has 0 aromatic heterocycles. The molecule has 0 aliphatic rings. The molecule has 2 atom stereocenters.